The summed E-state index contributed by atoms with van der Waals surface area (Å²) in [5, 5.41) is 0.292. The molecule has 3 rings (SSSR count). The lowest BCUT2D eigenvalue weighted by Gasteiger charge is -2.06. The lowest BCUT2D eigenvalue weighted by Crippen LogP contribution is -2.08. The summed E-state index contributed by atoms with van der Waals surface area (Å²) in [5.41, 5.74) is 0.104. The van der Waals surface area contributed by atoms with Crippen molar-refractivity contribution in [1.82, 2.24) is 4.98 Å². The van der Waals surface area contributed by atoms with E-state index in [4.69, 9.17) is 0 Å². The molecule has 1 N–H and O–H groups in total. The molecule has 0 atom stereocenters. The number of halogens is 3. The van der Waals surface area contributed by atoms with Gasteiger partial charge < -0.3 is 4.98 Å². The highest BCUT2D eigenvalue weighted by atomic mass is 19.1. The lowest BCUT2D eigenvalue weighted by molar-refractivity contribution is 0.103. The topological polar surface area (TPSA) is 32.9 Å². The molecule has 1 heterocycles. The van der Waals surface area contributed by atoms with E-state index in [9.17, 15) is 18.0 Å². The third-order valence-electron chi connectivity index (χ3n) is 3.40. The van der Waals surface area contributed by atoms with E-state index >= 15 is 0 Å². The summed E-state index contributed by atoms with van der Waals surface area (Å²) in [6, 6.07) is 6.16. The molecule has 2 aromatic carbocycles. The molecule has 0 aliphatic carbocycles. The van der Waals surface area contributed by atoms with E-state index in [0.29, 0.717) is 10.9 Å². The zero-order valence-corrected chi connectivity index (χ0v) is 11.0. The molecule has 0 fully saturated rings. The van der Waals surface area contributed by atoms with Crippen molar-refractivity contribution in [1.29, 1.82) is 0 Å². The molecule has 0 saturated heterocycles. The van der Waals surface area contributed by atoms with Crippen molar-refractivity contribution < 1.29 is 18.0 Å². The second-order valence-corrected chi connectivity index (χ2v) is 4.77. The number of carbonyl (C=O) groups is 1. The van der Waals surface area contributed by atoms with Gasteiger partial charge in [0.05, 0.1) is 5.56 Å². The summed E-state index contributed by atoms with van der Waals surface area (Å²) in [6.45, 7) is 1.44. The van der Waals surface area contributed by atoms with Crippen LogP contribution in [0, 0.1) is 24.4 Å². The number of hydrogen-bond donors (Lipinski definition) is 1. The Morgan fingerprint density at radius 3 is 2.62 bits per heavy atom. The number of nitrogens with one attached hydrogen (secondary N) is 1. The Kier molecular flexibility index (Phi) is 3.05. The van der Waals surface area contributed by atoms with Gasteiger partial charge in [0.2, 0.25) is 5.78 Å². The Hall–Kier alpha value is -2.56. The largest absolute Gasteiger partial charge is 0.360 e. The van der Waals surface area contributed by atoms with Gasteiger partial charge in [-0.3, -0.25) is 4.79 Å². The van der Waals surface area contributed by atoms with Crippen molar-refractivity contribution >= 4 is 16.7 Å². The van der Waals surface area contributed by atoms with E-state index in [1.807, 2.05) is 0 Å². The monoisotopic (exact) mass is 289 g/mol. The van der Waals surface area contributed by atoms with Gasteiger partial charge in [-0.1, -0.05) is 6.07 Å². The van der Waals surface area contributed by atoms with Crippen molar-refractivity contribution in [2.75, 3.05) is 0 Å². The average Bonchev–Trinajstić information content (AvgIpc) is 2.86. The number of rotatable bonds is 2. The van der Waals surface area contributed by atoms with Gasteiger partial charge in [0.1, 0.15) is 17.5 Å². The Morgan fingerprint density at radius 1 is 1.10 bits per heavy atom. The number of carbonyl (C=O) groups excluding carboxylic acids is 1. The molecule has 0 radical (unpaired) electrons. The van der Waals surface area contributed by atoms with Gasteiger partial charge in [-0.25, -0.2) is 13.2 Å². The predicted molar refractivity (Wildman–Crippen MR) is 72.8 cm³/mol. The van der Waals surface area contributed by atoms with Crippen LogP contribution in [0.1, 0.15) is 21.5 Å². The standard InChI is InChI=1S/C16H10F3NO/c1-8-2-4-12(18)14(15(8)19)16(21)11-7-20-13-5-3-9(17)6-10(11)13/h2-7,20H,1H3. The Morgan fingerprint density at radius 2 is 1.86 bits per heavy atom. The molecule has 0 saturated carbocycles. The molecular weight excluding hydrogens is 279 g/mol. The van der Waals surface area contributed by atoms with E-state index in [2.05, 4.69) is 4.98 Å². The van der Waals surface area contributed by atoms with E-state index in [1.54, 1.807) is 0 Å². The van der Waals surface area contributed by atoms with Crippen LogP contribution in [0.15, 0.2) is 36.5 Å². The number of H-pyrrole nitrogens is 1. The van der Waals surface area contributed by atoms with Crippen LogP contribution in [0.4, 0.5) is 13.2 Å². The first-order valence-corrected chi connectivity index (χ1v) is 6.25. The minimum atomic E-state index is -0.936. The number of aromatic nitrogens is 1. The van der Waals surface area contributed by atoms with Crippen LogP contribution in [0.5, 0.6) is 0 Å². The maximum Gasteiger partial charge on any atom is 0.201 e. The highest BCUT2D eigenvalue weighted by Gasteiger charge is 2.23. The Labute approximate surface area is 118 Å². The Bertz CT molecular complexity index is 867. The molecular formula is C16H10F3NO. The number of aromatic amines is 1. The van der Waals surface area contributed by atoms with Crippen LogP contribution in [-0.4, -0.2) is 10.8 Å². The van der Waals surface area contributed by atoms with E-state index in [1.165, 1.54) is 31.3 Å². The third-order valence-corrected chi connectivity index (χ3v) is 3.40. The second kappa shape index (κ2) is 4.77. The molecule has 5 heteroatoms. The first kappa shape index (κ1) is 13.4. The molecule has 0 aliphatic heterocycles. The minimum absolute atomic E-state index is 0.0351. The maximum absolute atomic E-state index is 14.0. The molecule has 0 aliphatic rings. The molecule has 0 bridgehead atoms. The fourth-order valence-corrected chi connectivity index (χ4v) is 2.28. The average molecular weight is 289 g/mol. The first-order valence-electron chi connectivity index (χ1n) is 6.25. The zero-order chi connectivity index (χ0) is 15.1. The molecule has 2 nitrogen and oxygen atoms in total. The molecule has 1 aromatic heterocycles. The van der Waals surface area contributed by atoms with Gasteiger partial charge in [0.15, 0.2) is 0 Å². The maximum atomic E-state index is 14.0. The van der Waals surface area contributed by atoms with Gasteiger partial charge in [0.25, 0.3) is 0 Å². The van der Waals surface area contributed by atoms with Gasteiger partial charge in [-0.2, -0.15) is 0 Å². The predicted octanol–water partition coefficient (Wildman–Crippen LogP) is 4.12. The summed E-state index contributed by atoms with van der Waals surface area (Å²) >= 11 is 0. The first-order chi connectivity index (χ1) is 9.99. The highest BCUT2D eigenvalue weighted by molar-refractivity contribution is 6.16. The van der Waals surface area contributed by atoms with E-state index < -0.39 is 28.8 Å². The zero-order valence-electron chi connectivity index (χ0n) is 11.0. The molecule has 21 heavy (non-hydrogen) atoms. The fraction of sp³-hybridized carbons (Fsp3) is 0.0625. The summed E-state index contributed by atoms with van der Waals surface area (Å²) < 4.78 is 41.2. The highest BCUT2D eigenvalue weighted by Crippen LogP contribution is 2.25. The van der Waals surface area contributed by atoms with Crippen molar-refractivity contribution in [3.05, 3.63) is 70.7 Å². The number of aryl methyl sites for hydroxylation is 1. The number of fused-ring (bicyclic) bond motifs is 1. The lowest BCUT2D eigenvalue weighted by atomic mass is 9.99. The van der Waals surface area contributed by atoms with Gasteiger partial charge in [-0.15, -0.1) is 0 Å². The molecule has 0 spiro atoms. The molecule has 0 unspecified atom stereocenters. The number of ketones is 1. The van der Waals surface area contributed by atoms with E-state index in [0.717, 1.165) is 12.1 Å². The SMILES string of the molecule is Cc1ccc(F)c(C(=O)c2c[nH]c3ccc(F)cc23)c1F. The third kappa shape index (κ3) is 2.11. The second-order valence-electron chi connectivity index (χ2n) is 4.77. The van der Waals surface area contributed by atoms with Crippen LogP contribution in [0.3, 0.4) is 0 Å². The van der Waals surface area contributed by atoms with Gasteiger partial charge in [0, 0.05) is 22.7 Å². The quantitative estimate of drug-likeness (QED) is 0.707. The number of hydrogen-bond acceptors (Lipinski definition) is 1. The van der Waals surface area contributed by atoms with Crippen LogP contribution >= 0.6 is 0 Å². The normalized spacial score (nSPS) is 11.0. The summed E-state index contributed by atoms with van der Waals surface area (Å²) in [5.74, 6) is -3.17. The smallest absolute Gasteiger partial charge is 0.201 e. The van der Waals surface area contributed by atoms with Crippen LogP contribution in [-0.2, 0) is 0 Å². The van der Waals surface area contributed by atoms with Gasteiger partial charge >= 0.3 is 0 Å². The molecule has 106 valence electrons. The minimum Gasteiger partial charge on any atom is -0.360 e. The van der Waals surface area contributed by atoms with Crippen molar-refractivity contribution in [3.63, 3.8) is 0 Å². The van der Waals surface area contributed by atoms with Crippen molar-refractivity contribution in [3.8, 4) is 0 Å². The summed E-state index contributed by atoms with van der Waals surface area (Å²) in [4.78, 5) is 15.2. The molecule has 3 aromatic rings. The van der Waals surface area contributed by atoms with Crippen LogP contribution < -0.4 is 0 Å². The summed E-state index contributed by atoms with van der Waals surface area (Å²) in [6.07, 6.45) is 1.33. The fourth-order valence-electron chi connectivity index (χ4n) is 2.28. The van der Waals surface area contributed by atoms with Gasteiger partial charge in [-0.05, 0) is 36.8 Å². The van der Waals surface area contributed by atoms with Crippen molar-refractivity contribution in [2.24, 2.45) is 0 Å². The summed E-state index contributed by atoms with van der Waals surface area (Å²) in [7, 11) is 0. The van der Waals surface area contributed by atoms with Crippen LogP contribution in [0.25, 0.3) is 10.9 Å². The van der Waals surface area contributed by atoms with Crippen molar-refractivity contribution in [2.45, 2.75) is 6.92 Å². The number of benzene rings is 2. The Balaban J connectivity index is 2.22. The van der Waals surface area contributed by atoms with Crippen LogP contribution in [0.2, 0.25) is 0 Å². The van der Waals surface area contributed by atoms with E-state index in [-0.39, 0.29) is 11.1 Å². The molecule has 0 amide bonds.